The third-order valence-corrected chi connectivity index (χ3v) is 4.90. The molecule has 2 heteroatoms. The van der Waals surface area contributed by atoms with Crippen molar-refractivity contribution in [3.63, 3.8) is 0 Å². The number of piperidine rings is 1. The average Bonchev–Trinajstić information content (AvgIpc) is 2.16. The van der Waals surface area contributed by atoms with Crippen molar-refractivity contribution in [2.45, 2.75) is 52.5 Å². The molecule has 0 amide bonds. The SMILES string of the molecule is CC(C)(C)C1CCN(C2CCC2CN)CC1. The second-order valence-electron chi connectivity index (χ2n) is 6.82. The van der Waals surface area contributed by atoms with Crippen molar-refractivity contribution in [1.82, 2.24) is 4.90 Å². The van der Waals surface area contributed by atoms with Crippen molar-refractivity contribution in [3.8, 4) is 0 Å². The van der Waals surface area contributed by atoms with Crippen LogP contribution in [0.2, 0.25) is 0 Å². The molecule has 0 radical (unpaired) electrons. The molecule has 2 N–H and O–H groups in total. The molecule has 2 aliphatic rings. The Labute approximate surface area is 101 Å². The van der Waals surface area contributed by atoms with E-state index in [1.807, 2.05) is 0 Å². The number of hydrogen-bond donors (Lipinski definition) is 1. The topological polar surface area (TPSA) is 29.3 Å². The Morgan fingerprint density at radius 3 is 2.06 bits per heavy atom. The van der Waals surface area contributed by atoms with E-state index in [1.54, 1.807) is 0 Å². The maximum atomic E-state index is 5.80. The fraction of sp³-hybridized carbons (Fsp3) is 1.00. The molecule has 1 saturated heterocycles. The van der Waals surface area contributed by atoms with E-state index >= 15 is 0 Å². The van der Waals surface area contributed by atoms with E-state index < -0.39 is 0 Å². The molecule has 0 bridgehead atoms. The van der Waals surface area contributed by atoms with Gasteiger partial charge in [-0.25, -0.2) is 0 Å². The van der Waals surface area contributed by atoms with Gasteiger partial charge in [0.05, 0.1) is 0 Å². The molecule has 0 spiro atoms. The van der Waals surface area contributed by atoms with Crippen molar-refractivity contribution in [2.24, 2.45) is 23.0 Å². The second-order valence-corrected chi connectivity index (χ2v) is 6.82. The molecule has 0 aromatic carbocycles. The van der Waals surface area contributed by atoms with E-state index in [1.165, 1.54) is 38.8 Å². The van der Waals surface area contributed by atoms with Crippen LogP contribution in [0.15, 0.2) is 0 Å². The van der Waals surface area contributed by atoms with Crippen LogP contribution in [0, 0.1) is 17.3 Å². The van der Waals surface area contributed by atoms with Crippen LogP contribution in [0.4, 0.5) is 0 Å². The number of nitrogens with two attached hydrogens (primary N) is 1. The smallest absolute Gasteiger partial charge is 0.0136 e. The summed E-state index contributed by atoms with van der Waals surface area (Å²) in [6.45, 7) is 10.7. The fourth-order valence-electron chi connectivity index (χ4n) is 3.40. The maximum Gasteiger partial charge on any atom is 0.0136 e. The lowest BCUT2D eigenvalue weighted by Crippen LogP contribution is -2.53. The molecule has 0 aromatic rings. The van der Waals surface area contributed by atoms with Gasteiger partial charge in [-0.05, 0) is 62.6 Å². The first-order chi connectivity index (χ1) is 7.52. The minimum atomic E-state index is 0.499. The monoisotopic (exact) mass is 224 g/mol. The van der Waals surface area contributed by atoms with Gasteiger partial charge in [0, 0.05) is 6.04 Å². The zero-order valence-corrected chi connectivity index (χ0v) is 11.2. The molecule has 1 saturated carbocycles. The van der Waals surface area contributed by atoms with Crippen LogP contribution in [0.25, 0.3) is 0 Å². The largest absolute Gasteiger partial charge is 0.330 e. The minimum Gasteiger partial charge on any atom is -0.330 e. The van der Waals surface area contributed by atoms with Crippen molar-refractivity contribution >= 4 is 0 Å². The highest BCUT2D eigenvalue weighted by Gasteiger charge is 2.37. The molecular weight excluding hydrogens is 196 g/mol. The van der Waals surface area contributed by atoms with E-state index in [0.717, 1.165) is 24.4 Å². The fourth-order valence-corrected chi connectivity index (χ4v) is 3.40. The molecule has 0 aromatic heterocycles. The lowest BCUT2D eigenvalue weighted by Gasteiger charge is -2.48. The normalized spacial score (nSPS) is 33.8. The summed E-state index contributed by atoms with van der Waals surface area (Å²) < 4.78 is 0. The van der Waals surface area contributed by atoms with Crippen molar-refractivity contribution in [3.05, 3.63) is 0 Å². The predicted molar refractivity (Wildman–Crippen MR) is 69.3 cm³/mol. The summed E-state index contributed by atoms with van der Waals surface area (Å²) in [5.41, 5.74) is 6.30. The van der Waals surface area contributed by atoms with Crippen molar-refractivity contribution in [2.75, 3.05) is 19.6 Å². The summed E-state index contributed by atoms with van der Waals surface area (Å²) in [6, 6.07) is 0.825. The van der Waals surface area contributed by atoms with Gasteiger partial charge < -0.3 is 10.6 Å². The van der Waals surface area contributed by atoms with Crippen LogP contribution >= 0.6 is 0 Å². The Bertz CT molecular complexity index is 221. The molecule has 1 heterocycles. The Kier molecular flexibility index (Phi) is 3.60. The summed E-state index contributed by atoms with van der Waals surface area (Å²) in [6.07, 6.45) is 5.52. The van der Waals surface area contributed by atoms with Crippen LogP contribution in [0.1, 0.15) is 46.5 Å². The number of likely N-dealkylation sites (tertiary alicyclic amines) is 1. The molecule has 1 aliphatic carbocycles. The van der Waals surface area contributed by atoms with Gasteiger partial charge in [0.1, 0.15) is 0 Å². The zero-order valence-electron chi connectivity index (χ0n) is 11.2. The molecule has 1 aliphatic heterocycles. The van der Waals surface area contributed by atoms with Crippen LogP contribution in [0.5, 0.6) is 0 Å². The molecule has 94 valence electrons. The molecular formula is C14H28N2. The standard InChI is InChI=1S/C14H28N2/c1-14(2,3)12-6-8-16(9-7-12)13-5-4-11(13)10-15/h11-13H,4-10,15H2,1-3H3. The molecule has 2 nitrogen and oxygen atoms in total. The van der Waals surface area contributed by atoms with Crippen LogP contribution in [0.3, 0.4) is 0 Å². The molecule has 2 rings (SSSR count). The Balaban J connectivity index is 1.81. The highest BCUT2D eigenvalue weighted by Crippen LogP contribution is 2.38. The molecule has 2 atom stereocenters. The molecule has 2 unspecified atom stereocenters. The summed E-state index contributed by atoms with van der Waals surface area (Å²) in [5.74, 6) is 1.71. The van der Waals surface area contributed by atoms with Gasteiger partial charge in [0.2, 0.25) is 0 Å². The lowest BCUT2D eigenvalue weighted by atomic mass is 9.73. The maximum absolute atomic E-state index is 5.80. The van der Waals surface area contributed by atoms with Gasteiger partial charge in [0.25, 0.3) is 0 Å². The van der Waals surface area contributed by atoms with Crippen molar-refractivity contribution < 1.29 is 0 Å². The van der Waals surface area contributed by atoms with Gasteiger partial charge in [-0.2, -0.15) is 0 Å². The third-order valence-electron chi connectivity index (χ3n) is 4.90. The van der Waals surface area contributed by atoms with Gasteiger partial charge in [0.15, 0.2) is 0 Å². The van der Waals surface area contributed by atoms with Crippen LogP contribution in [-0.2, 0) is 0 Å². The zero-order chi connectivity index (χ0) is 11.8. The van der Waals surface area contributed by atoms with E-state index in [9.17, 15) is 0 Å². The summed E-state index contributed by atoms with van der Waals surface area (Å²) >= 11 is 0. The minimum absolute atomic E-state index is 0.499. The molecule has 16 heavy (non-hydrogen) atoms. The highest BCUT2D eigenvalue weighted by molar-refractivity contribution is 4.92. The van der Waals surface area contributed by atoms with Gasteiger partial charge >= 0.3 is 0 Å². The first-order valence-electron chi connectivity index (χ1n) is 6.96. The third kappa shape index (κ3) is 2.43. The summed E-state index contributed by atoms with van der Waals surface area (Å²) in [5, 5.41) is 0. The predicted octanol–water partition coefficient (Wildman–Crippen LogP) is 2.48. The van der Waals surface area contributed by atoms with E-state index in [0.29, 0.717) is 5.41 Å². The van der Waals surface area contributed by atoms with Gasteiger partial charge in [-0.1, -0.05) is 20.8 Å². The van der Waals surface area contributed by atoms with Gasteiger partial charge in [-0.15, -0.1) is 0 Å². The van der Waals surface area contributed by atoms with E-state index in [4.69, 9.17) is 5.73 Å². The van der Waals surface area contributed by atoms with E-state index in [2.05, 4.69) is 25.7 Å². The number of nitrogens with zero attached hydrogens (tertiary/aromatic N) is 1. The average molecular weight is 224 g/mol. The Morgan fingerprint density at radius 1 is 1.06 bits per heavy atom. The summed E-state index contributed by atoms with van der Waals surface area (Å²) in [4.78, 5) is 2.71. The van der Waals surface area contributed by atoms with Crippen LogP contribution in [-0.4, -0.2) is 30.6 Å². The first-order valence-corrected chi connectivity index (χ1v) is 6.96. The Morgan fingerprint density at radius 2 is 1.69 bits per heavy atom. The second kappa shape index (κ2) is 4.66. The highest BCUT2D eigenvalue weighted by atomic mass is 15.2. The number of hydrogen-bond acceptors (Lipinski definition) is 2. The quantitative estimate of drug-likeness (QED) is 0.781. The Hall–Kier alpha value is -0.0800. The van der Waals surface area contributed by atoms with E-state index in [-0.39, 0.29) is 0 Å². The van der Waals surface area contributed by atoms with Gasteiger partial charge in [-0.3, -0.25) is 0 Å². The van der Waals surface area contributed by atoms with Crippen molar-refractivity contribution in [1.29, 1.82) is 0 Å². The molecule has 2 fully saturated rings. The number of rotatable bonds is 2. The summed E-state index contributed by atoms with van der Waals surface area (Å²) in [7, 11) is 0. The first kappa shape index (κ1) is 12.4. The lowest BCUT2D eigenvalue weighted by molar-refractivity contribution is 0.0191. The van der Waals surface area contributed by atoms with Crippen LogP contribution < -0.4 is 5.73 Å².